The molecule has 0 bridgehead atoms. The van der Waals surface area contributed by atoms with Crippen LogP contribution in [0.15, 0.2) is 56.6 Å². The van der Waals surface area contributed by atoms with Gasteiger partial charge in [-0.25, -0.2) is 14.5 Å². The highest BCUT2D eigenvalue weighted by atomic mass is 32.2. The molecule has 0 fully saturated rings. The van der Waals surface area contributed by atoms with Crippen LogP contribution in [0.3, 0.4) is 0 Å². The Bertz CT molecular complexity index is 838. The lowest BCUT2D eigenvalue weighted by atomic mass is 10.3. The lowest BCUT2D eigenvalue weighted by Gasteiger charge is -2.03. The normalized spacial score (nSPS) is 10.7. The maximum atomic E-state index is 11.9. The van der Waals surface area contributed by atoms with Gasteiger partial charge in [-0.3, -0.25) is 10.1 Å². The molecule has 0 radical (unpaired) electrons. The Labute approximate surface area is 126 Å². The number of nitrogens with one attached hydrogen (secondary N) is 1. The molecule has 0 aliphatic rings. The molecule has 0 spiro atoms. The van der Waals surface area contributed by atoms with Crippen LogP contribution in [0.4, 0.5) is 5.00 Å². The summed E-state index contributed by atoms with van der Waals surface area (Å²) >= 11 is 2.25. The van der Waals surface area contributed by atoms with Gasteiger partial charge in [-0.15, -0.1) is 5.10 Å². The first-order chi connectivity index (χ1) is 10.1. The molecule has 0 unspecified atom stereocenters. The number of thiophene rings is 1. The predicted molar refractivity (Wildman–Crippen MR) is 79.3 cm³/mol. The largest absolute Gasteiger partial charge is 0.348 e. The van der Waals surface area contributed by atoms with Crippen molar-refractivity contribution in [3.8, 4) is 5.69 Å². The summed E-state index contributed by atoms with van der Waals surface area (Å²) in [7, 11) is 0. The average Bonchev–Trinajstić information content (AvgIpc) is 3.08. The van der Waals surface area contributed by atoms with Gasteiger partial charge in [0.1, 0.15) is 0 Å². The third-order valence-electron chi connectivity index (χ3n) is 2.59. The molecule has 106 valence electrons. The maximum Gasteiger partial charge on any atom is 0.348 e. The van der Waals surface area contributed by atoms with Crippen LogP contribution in [0.1, 0.15) is 0 Å². The molecule has 2 heterocycles. The summed E-state index contributed by atoms with van der Waals surface area (Å²) in [5.74, 6) is 0. The summed E-state index contributed by atoms with van der Waals surface area (Å²) in [6.45, 7) is 0. The van der Waals surface area contributed by atoms with Crippen LogP contribution in [0, 0.1) is 10.1 Å². The molecule has 3 rings (SSSR count). The van der Waals surface area contributed by atoms with E-state index in [1.165, 1.54) is 22.4 Å². The van der Waals surface area contributed by atoms with E-state index in [4.69, 9.17) is 0 Å². The fraction of sp³-hybridized carbons (Fsp3) is 0. The first-order valence-corrected chi connectivity index (χ1v) is 7.43. The first kappa shape index (κ1) is 13.6. The minimum Gasteiger partial charge on any atom is -0.258 e. The predicted octanol–water partition coefficient (Wildman–Crippen LogP) is 2.68. The van der Waals surface area contributed by atoms with Crippen molar-refractivity contribution in [3.05, 3.63) is 63.1 Å². The number of para-hydroxylation sites is 1. The summed E-state index contributed by atoms with van der Waals surface area (Å²) in [6.07, 6.45) is 0. The average molecular weight is 320 g/mol. The summed E-state index contributed by atoms with van der Waals surface area (Å²) in [6, 6.07) is 12.1. The Morgan fingerprint density at radius 2 is 2.00 bits per heavy atom. The molecule has 1 aromatic carbocycles. The molecule has 0 atom stereocenters. The van der Waals surface area contributed by atoms with Crippen LogP contribution < -0.4 is 5.69 Å². The molecule has 2 aromatic heterocycles. The van der Waals surface area contributed by atoms with E-state index in [1.807, 2.05) is 18.2 Å². The van der Waals surface area contributed by atoms with E-state index in [9.17, 15) is 14.9 Å². The highest BCUT2D eigenvalue weighted by Crippen LogP contribution is 2.35. The van der Waals surface area contributed by atoms with Crippen LogP contribution in [0.25, 0.3) is 5.69 Å². The number of H-pyrrole nitrogens is 1. The van der Waals surface area contributed by atoms with Gasteiger partial charge in [0.05, 0.1) is 14.8 Å². The van der Waals surface area contributed by atoms with Crippen molar-refractivity contribution in [1.29, 1.82) is 0 Å². The van der Waals surface area contributed by atoms with Crippen molar-refractivity contribution in [3.63, 3.8) is 0 Å². The topological polar surface area (TPSA) is 93.8 Å². The van der Waals surface area contributed by atoms with E-state index in [1.54, 1.807) is 18.2 Å². The number of hydrogen-bond acceptors (Lipinski definition) is 6. The van der Waals surface area contributed by atoms with Gasteiger partial charge in [-0.1, -0.05) is 29.5 Å². The zero-order chi connectivity index (χ0) is 14.8. The molecular formula is C12H8N4O3S2. The van der Waals surface area contributed by atoms with Gasteiger partial charge in [-0.05, 0) is 30.0 Å². The first-order valence-electron chi connectivity index (χ1n) is 5.80. The Morgan fingerprint density at radius 3 is 2.67 bits per heavy atom. The van der Waals surface area contributed by atoms with Gasteiger partial charge in [-0.2, -0.15) is 0 Å². The number of hydrogen-bond donors (Lipinski definition) is 1. The van der Waals surface area contributed by atoms with Crippen molar-refractivity contribution in [2.24, 2.45) is 0 Å². The van der Waals surface area contributed by atoms with Gasteiger partial charge < -0.3 is 0 Å². The SMILES string of the molecule is O=c1[nH]nc(Sc2ccc([N+](=O)[O-])s2)n1-c1ccccc1. The summed E-state index contributed by atoms with van der Waals surface area (Å²) in [5, 5.41) is 17.5. The van der Waals surface area contributed by atoms with E-state index in [0.29, 0.717) is 15.1 Å². The molecule has 9 heteroatoms. The number of aromatic amines is 1. The standard InChI is InChI=1S/C12H8N4O3S2/c17-11-13-14-12(15(11)8-4-2-1-3-5-8)21-10-7-6-9(20-10)16(18)19/h1-7H,(H,13,17). The summed E-state index contributed by atoms with van der Waals surface area (Å²) in [4.78, 5) is 22.1. The van der Waals surface area contributed by atoms with Crippen LogP contribution in [-0.2, 0) is 0 Å². The lowest BCUT2D eigenvalue weighted by molar-refractivity contribution is -0.380. The highest BCUT2D eigenvalue weighted by molar-refractivity contribution is 8.01. The van der Waals surface area contributed by atoms with Crippen molar-refractivity contribution >= 4 is 28.1 Å². The van der Waals surface area contributed by atoms with Gasteiger partial charge in [0.25, 0.3) is 0 Å². The molecule has 0 amide bonds. The number of aromatic nitrogens is 3. The number of nitrogens with zero attached hydrogens (tertiary/aromatic N) is 3. The Hall–Kier alpha value is -2.39. The molecular weight excluding hydrogens is 312 g/mol. The minimum atomic E-state index is -0.441. The van der Waals surface area contributed by atoms with E-state index in [0.717, 1.165) is 11.3 Å². The van der Waals surface area contributed by atoms with E-state index in [2.05, 4.69) is 10.2 Å². The number of rotatable bonds is 4. The van der Waals surface area contributed by atoms with Crippen molar-refractivity contribution in [2.45, 2.75) is 9.37 Å². The molecule has 1 N–H and O–H groups in total. The quantitative estimate of drug-likeness (QED) is 0.589. The Kier molecular flexibility index (Phi) is 3.59. The fourth-order valence-corrected chi connectivity index (χ4v) is 3.60. The monoisotopic (exact) mass is 320 g/mol. The Morgan fingerprint density at radius 1 is 1.24 bits per heavy atom. The molecule has 0 aliphatic heterocycles. The van der Waals surface area contributed by atoms with Gasteiger partial charge >= 0.3 is 10.7 Å². The van der Waals surface area contributed by atoms with Gasteiger partial charge in [0, 0.05) is 6.07 Å². The third kappa shape index (κ3) is 2.73. The number of benzene rings is 1. The van der Waals surface area contributed by atoms with Crippen molar-refractivity contribution in [1.82, 2.24) is 14.8 Å². The van der Waals surface area contributed by atoms with E-state index < -0.39 is 4.92 Å². The summed E-state index contributed by atoms with van der Waals surface area (Å²) < 4.78 is 2.12. The highest BCUT2D eigenvalue weighted by Gasteiger charge is 2.15. The minimum absolute atomic E-state index is 0.0571. The second-order valence-corrected chi connectivity index (χ2v) is 6.26. The number of nitro groups is 1. The van der Waals surface area contributed by atoms with Crippen LogP contribution in [0.2, 0.25) is 0 Å². The van der Waals surface area contributed by atoms with E-state index in [-0.39, 0.29) is 10.7 Å². The smallest absolute Gasteiger partial charge is 0.258 e. The molecule has 3 aromatic rings. The Balaban J connectivity index is 1.96. The maximum absolute atomic E-state index is 11.9. The third-order valence-corrected chi connectivity index (χ3v) is 4.72. The molecule has 7 nitrogen and oxygen atoms in total. The van der Waals surface area contributed by atoms with Crippen LogP contribution in [0.5, 0.6) is 0 Å². The molecule has 21 heavy (non-hydrogen) atoms. The van der Waals surface area contributed by atoms with Crippen LogP contribution in [-0.4, -0.2) is 19.7 Å². The molecule has 0 saturated carbocycles. The fourth-order valence-electron chi connectivity index (χ4n) is 1.71. The van der Waals surface area contributed by atoms with Gasteiger partial charge in [0.2, 0.25) is 5.16 Å². The second kappa shape index (κ2) is 5.54. The van der Waals surface area contributed by atoms with Crippen molar-refractivity contribution in [2.75, 3.05) is 0 Å². The second-order valence-electron chi connectivity index (χ2n) is 3.93. The van der Waals surface area contributed by atoms with Crippen molar-refractivity contribution < 1.29 is 4.92 Å². The lowest BCUT2D eigenvalue weighted by Crippen LogP contribution is -2.15. The molecule has 0 saturated heterocycles. The van der Waals surface area contributed by atoms with E-state index >= 15 is 0 Å². The van der Waals surface area contributed by atoms with Crippen LogP contribution >= 0.6 is 23.1 Å². The molecule has 0 aliphatic carbocycles. The zero-order valence-electron chi connectivity index (χ0n) is 10.4. The summed E-state index contributed by atoms with van der Waals surface area (Å²) in [5.41, 5.74) is 0.333. The van der Waals surface area contributed by atoms with Gasteiger partial charge in [0.15, 0.2) is 0 Å². The zero-order valence-corrected chi connectivity index (χ0v) is 12.1.